The van der Waals surface area contributed by atoms with Crippen LogP contribution in [0.1, 0.15) is 30.4 Å². The second-order valence-corrected chi connectivity index (χ2v) is 6.13. The zero-order valence-corrected chi connectivity index (χ0v) is 11.5. The summed E-state index contributed by atoms with van der Waals surface area (Å²) in [5.74, 6) is 1.49. The third-order valence-electron chi connectivity index (χ3n) is 4.70. The zero-order valence-electron chi connectivity index (χ0n) is 11.5. The summed E-state index contributed by atoms with van der Waals surface area (Å²) in [6, 6.07) is 8.81. The number of aryl methyl sites for hydroxylation is 1. The highest BCUT2D eigenvalue weighted by molar-refractivity contribution is 5.61. The number of rotatable bonds is 1. The van der Waals surface area contributed by atoms with Crippen molar-refractivity contribution in [2.24, 2.45) is 17.6 Å². The second-order valence-electron chi connectivity index (χ2n) is 6.13. The van der Waals surface area contributed by atoms with Gasteiger partial charge in [0.2, 0.25) is 0 Å². The predicted octanol–water partition coefficient (Wildman–Crippen LogP) is 2.43. The van der Waals surface area contributed by atoms with Crippen LogP contribution in [-0.4, -0.2) is 19.1 Å². The Morgan fingerprint density at radius 2 is 2.05 bits per heavy atom. The SMILES string of the molecule is Cc1ccc(C#N)c(N2C[C@H]3CCC(N)C[C@H]3C2)c1. The smallest absolute Gasteiger partial charge is 0.101 e. The summed E-state index contributed by atoms with van der Waals surface area (Å²) in [6.45, 7) is 4.25. The molecule has 0 spiro atoms. The maximum Gasteiger partial charge on any atom is 0.101 e. The van der Waals surface area contributed by atoms with Crippen molar-refractivity contribution in [3.63, 3.8) is 0 Å². The number of nitrogens with two attached hydrogens (primary N) is 1. The molecule has 19 heavy (non-hydrogen) atoms. The molecule has 3 heteroatoms. The highest BCUT2D eigenvalue weighted by Gasteiger charge is 2.37. The number of nitriles is 1. The standard InChI is InChI=1S/C16H21N3/c1-11-2-3-12(8-17)16(6-11)19-9-13-4-5-15(18)7-14(13)10-19/h2-3,6,13-15H,4-5,7,9-10,18H2,1H3/t13-,14+,15?/m1/s1. The molecule has 1 saturated carbocycles. The third kappa shape index (κ3) is 2.33. The fourth-order valence-corrected chi connectivity index (χ4v) is 3.66. The van der Waals surface area contributed by atoms with Gasteiger partial charge in [0.15, 0.2) is 0 Å². The van der Waals surface area contributed by atoms with Gasteiger partial charge in [-0.3, -0.25) is 0 Å². The van der Waals surface area contributed by atoms with Crippen LogP contribution in [0.2, 0.25) is 0 Å². The monoisotopic (exact) mass is 255 g/mol. The van der Waals surface area contributed by atoms with E-state index in [1.54, 1.807) is 0 Å². The lowest BCUT2D eigenvalue weighted by Crippen LogP contribution is -2.32. The van der Waals surface area contributed by atoms with Crippen LogP contribution in [0.15, 0.2) is 18.2 Å². The van der Waals surface area contributed by atoms with Gasteiger partial charge in [0.25, 0.3) is 0 Å². The Bertz CT molecular complexity index is 517. The first-order valence-electron chi connectivity index (χ1n) is 7.18. The summed E-state index contributed by atoms with van der Waals surface area (Å²) < 4.78 is 0. The molecule has 1 heterocycles. The summed E-state index contributed by atoms with van der Waals surface area (Å²) in [7, 11) is 0. The molecule has 0 radical (unpaired) electrons. The van der Waals surface area contributed by atoms with Crippen molar-refractivity contribution in [3.05, 3.63) is 29.3 Å². The lowest BCUT2D eigenvalue weighted by Gasteiger charge is -2.27. The molecule has 1 aromatic rings. The molecule has 1 aliphatic carbocycles. The first kappa shape index (κ1) is 12.5. The molecule has 0 amide bonds. The van der Waals surface area contributed by atoms with Crippen molar-refractivity contribution in [3.8, 4) is 6.07 Å². The Morgan fingerprint density at radius 3 is 2.84 bits per heavy atom. The van der Waals surface area contributed by atoms with Crippen LogP contribution in [0, 0.1) is 30.1 Å². The Balaban J connectivity index is 1.85. The van der Waals surface area contributed by atoms with Gasteiger partial charge in [-0.15, -0.1) is 0 Å². The zero-order chi connectivity index (χ0) is 13.4. The van der Waals surface area contributed by atoms with E-state index < -0.39 is 0 Å². The van der Waals surface area contributed by atoms with E-state index in [1.807, 2.05) is 12.1 Å². The van der Waals surface area contributed by atoms with Crippen molar-refractivity contribution < 1.29 is 0 Å². The summed E-state index contributed by atoms with van der Waals surface area (Å²) in [6.07, 6.45) is 3.55. The van der Waals surface area contributed by atoms with E-state index in [-0.39, 0.29) is 0 Å². The van der Waals surface area contributed by atoms with E-state index in [1.165, 1.54) is 12.0 Å². The molecule has 1 aliphatic heterocycles. The molecule has 3 rings (SSSR count). The van der Waals surface area contributed by atoms with Crippen LogP contribution in [0.3, 0.4) is 0 Å². The number of hydrogen-bond donors (Lipinski definition) is 1. The van der Waals surface area contributed by atoms with Crippen LogP contribution in [0.25, 0.3) is 0 Å². The van der Waals surface area contributed by atoms with Gasteiger partial charge < -0.3 is 10.6 Å². The van der Waals surface area contributed by atoms with Crippen LogP contribution in [0.4, 0.5) is 5.69 Å². The lowest BCUT2D eigenvalue weighted by atomic mass is 9.79. The van der Waals surface area contributed by atoms with Crippen molar-refractivity contribution in [2.45, 2.75) is 32.2 Å². The molecule has 3 atom stereocenters. The van der Waals surface area contributed by atoms with Crippen LogP contribution >= 0.6 is 0 Å². The maximum atomic E-state index is 9.27. The topological polar surface area (TPSA) is 53.0 Å². The average Bonchev–Trinajstić information content (AvgIpc) is 2.81. The molecule has 1 unspecified atom stereocenters. The second kappa shape index (κ2) is 4.86. The molecule has 100 valence electrons. The first-order valence-corrected chi connectivity index (χ1v) is 7.18. The number of nitrogens with zero attached hydrogens (tertiary/aromatic N) is 2. The number of hydrogen-bond acceptors (Lipinski definition) is 3. The summed E-state index contributed by atoms with van der Waals surface area (Å²) >= 11 is 0. The van der Waals surface area contributed by atoms with Crippen molar-refractivity contribution in [1.82, 2.24) is 0 Å². The van der Waals surface area contributed by atoms with E-state index in [2.05, 4.69) is 24.0 Å². The van der Waals surface area contributed by atoms with E-state index in [0.717, 1.165) is 49.0 Å². The number of fused-ring (bicyclic) bond motifs is 1. The minimum Gasteiger partial charge on any atom is -0.370 e. The molecular weight excluding hydrogens is 234 g/mol. The summed E-state index contributed by atoms with van der Waals surface area (Å²) in [5, 5.41) is 9.27. The van der Waals surface area contributed by atoms with Gasteiger partial charge in [-0.25, -0.2) is 0 Å². The van der Waals surface area contributed by atoms with Gasteiger partial charge >= 0.3 is 0 Å². The van der Waals surface area contributed by atoms with Crippen LogP contribution in [0.5, 0.6) is 0 Å². The van der Waals surface area contributed by atoms with E-state index in [0.29, 0.717) is 6.04 Å². The van der Waals surface area contributed by atoms with E-state index in [9.17, 15) is 5.26 Å². The average molecular weight is 255 g/mol. The summed E-state index contributed by atoms with van der Waals surface area (Å²) in [5.41, 5.74) is 9.22. The van der Waals surface area contributed by atoms with Gasteiger partial charge in [0, 0.05) is 19.1 Å². The molecular formula is C16H21N3. The van der Waals surface area contributed by atoms with Gasteiger partial charge in [0.1, 0.15) is 6.07 Å². The third-order valence-corrected chi connectivity index (χ3v) is 4.70. The molecule has 2 N–H and O–H groups in total. The Kier molecular flexibility index (Phi) is 3.20. The lowest BCUT2D eigenvalue weighted by molar-refractivity contribution is 0.271. The molecule has 2 fully saturated rings. The van der Waals surface area contributed by atoms with Crippen molar-refractivity contribution in [2.75, 3.05) is 18.0 Å². The van der Waals surface area contributed by atoms with E-state index in [4.69, 9.17) is 5.73 Å². The van der Waals surface area contributed by atoms with E-state index >= 15 is 0 Å². The fourth-order valence-electron chi connectivity index (χ4n) is 3.66. The molecule has 0 bridgehead atoms. The molecule has 2 aliphatic rings. The fraction of sp³-hybridized carbons (Fsp3) is 0.562. The molecule has 1 aromatic carbocycles. The van der Waals surface area contributed by atoms with Crippen molar-refractivity contribution >= 4 is 5.69 Å². The normalized spacial score (nSPS) is 29.9. The predicted molar refractivity (Wildman–Crippen MR) is 76.9 cm³/mol. The van der Waals surface area contributed by atoms with Crippen molar-refractivity contribution in [1.29, 1.82) is 5.26 Å². The maximum absolute atomic E-state index is 9.27. The van der Waals surface area contributed by atoms with Gasteiger partial charge in [0.05, 0.1) is 11.3 Å². The highest BCUT2D eigenvalue weighted by atomic mass is 15.2. The number of benzene rings is 1. The Labute approximate surface area is 115 Å². The van der Waals surface area contributed by atoms with Gasteiger partial charge in [-0.2, -0.15) is 5.26 Å². The van der Waals surface area contributed by atoms with Crippen LogP contribution < -0.4 is 10.6 Å². The molecule has 0 aromatic heterocycles. The minimum atomic E-state index is 0.383. The van der Waals surface area contributed by atoms with Gasteiger partial charge in [-0.05, 0) is 55.7 Å². The van der Waals surface area contributed by atoms with Gasteiger partial charge in [-0.1, -0.05) is 6.07 Å². The van der Waals surface area contributed by atoms with Crippen LogP contribution in [-0.2, 0) is 0 Å². The largest absolute Gasteiger partial charge is 0.370 e. The summed E-state index contributed by atoms with van der Waals surface area (Å²) in [4.78, 5) is 2.40. The molecule has 3 nitrogen and oxygen atoms in total. The number of anilines is 1. The molecule has 1 saturated heterocycles. The quantitative estimate of drug-likeness (QED) is 0.838. The highest BCUT2D eigenvalue weighted by Crippen LogP contribution is 2.38. The Hall–Kier alpha value is -1.53. The Morgan fingerprint density at radius 1 is 1.26 bits per heavy atom. The minimum absolute atomic E-state index is 0.383. The first-order chi connectivity index (χ1) is 9.17.